The normalized spacial score (nSPS) is 11.3. The molecule has 1 aromatic heterocycles. The molecule has 0 aliphatic rings. The molecule has 1 heterocycles. The molecule has 0 spiro atoms. The molecule has 0 aliphatic carbocycles. The molecule has 0 N–H and O–H groups in total. The topological polar surface area (TPSA) is 8.17 Å². The van der Waals surface area contributed by atoms with E-state index in [4.69, 9.17) is 0 Å². The highest BCUT2D eigenvalue weighted by Gasteiger charge is 2.21. The molecule has 0 saturated heterocycles. The summed E-state index contributed by atoms with van der Waals surface area (Å²) in [6.45, 7) is 0. The molecular weight excluding hydrogens is 797 g/mol. The highest BCUT2D eigenvalue weighted by atomic mass is 15.1. The Morgan fingerprint density at radius 1 is 0.258 bits per heavy atom. The standard InChI is InChI=1S/C64H44N2/c1-3-16-45(17-4-1)48-32-37-55(38-33-48)65(56-39-34-49(35-40-56)52-23-15-22-51(42-52)46-18-5-2-6-19-46)64-41-36-54(44-60(64)53-31-30-47-20-7-8-21-50(47)43-53)57-24-9-12-27-61(57)66-62-28-13-10-25-58(62)59-26-11-14-29-63(59)66/h1-44H. The zero-order valence-electron chi connectivity index (χ0n) is 36.3. The molecule has 2 nitrogen and oxygen atoms in total. The van der Waals surface area contributed by atoms with Gasteiger partial charge in [0.15, 0.2) is 0 Å². The molecule has 0 radical (unpaired) electrons. The van der Waals surface area contributed by atoms with Crippen molar-refractivity contribution in [2.75, 3.05) is 4.90 Å². The van der Waals surface area contributed by atoms with Gasteiger partial charge < -0.3 is 9.47 Å². The molecule has 0 amide bonds. The second-order valence-electron chi connectivity index (χ2n) is 16.9. The Morgan fingerprint density at radius 3 is 1.36 bits per heavy atom. The summed E-state index contributed by atoms with van der Waals surface area (Å²) in [5.74, 6) is 0. The van der Waals surface area contributed by atoms with E-state index in [-0.39, 0.29) is 0 Å². The van der Waals surface area contributed by atoms with Crippen LogP contribution < -0.4 is 4.90 Å². The number of hydrogen-bond donors (Lipinski definition) is 0. The van der Waals surface area contributed by atoms with Crippen LogP contribution in [0, 0.1) is 0 Å². The number of hydrogen-bond acceptors (Lipinski definition) is 1. The van der Waals surface area contributed by atoms with Gasteiger partial charge in [-0.25, -0.2) is 0 Å². The molecular formula is C64H44N2. The SMILES string of the molecule is c1ccc(-c2ccc(N(c3ccc(-c4cccc(-c5ccccc5)c4)cc3)c3ccc(-c4ccccc4-n4c5ccccc5c5ccccc54)cc3-c3ccc4ccccc4c3)cc2)cc1. The molecule has 66 heavy (non-hydrogen) atoms. The first-order chi connectivity index (χ1) is 32.7. The maximum Gasteiger partial charge on any atom is 0.0541 e. The second kappa shape index (κ2) is 16.8. The number of anilines is 3. The van der Waals surface area contributed by atoms with E-state index in [2.05, 4.69) is 276 Å². The quantitative estimate of drug-likeness (QED) is 0.141. The summed E-state index contributed by atoms with van der Waals surface area (Å²) in [5.41, 5.74) is 18.5. The van der Waals surface area contributed by atoms with Crippen LogP contribution in [-0.4, -0.2) is 4.57 Å². The van der Waals surface area contributed by atoms with Crippen LogP contribution in [0.1, 0.15) is 0 Å². The molecule has 0 aliphatic heterocycles. The molecule has 0 fully saturated rings. The molecule has 2 heteroatoms. The van der Waals surface area contributed by atoms with E-state index in [0.717, 1.165) is 39.4 Å². The maximum atomic E-state index is 2.43. The zero-order chi connectivity index (χ0) is 43.8. The van der Waals surface area contributed by atoms with Crippen LogP contribution in [0.3, 0.4) is 0 Å². The third-order valence-electron chi connectivity index (χ3n) is 13.0. The van der Waals surface area contributed by atoms with Crippen molar-refractivity contribution in [2.45, 2.75) is 0 Å². The minimum Gasteiger partial charge on any atom is -0.310 e. The van der Waals surface area contributed by atoms with Gasteiger partial charge in [-0.15, -0.1) is 0 Å². The van der Waals surface area contributed by atoms with Crippen molar-refractivity contribution in [1.29, 1.82) is 0 Å². The molecule has 12 aromatic rings. The Hall–Kier alpha value is -8.72. The lowest BCUT2D eigenvalue weighted by Crippen LogP contribution is -2.11. The van der Waals surface area contributed by atoms with Gasteiger partial charge in [-0.2, -0.15) is 0 Å². The van der Waals surface area contributed by atoms with Crippen molar-refractivity contribution < 1.29 is 0 Å². The Labute approximate surface area is 385 Å². The summed E-state index contributed by atoms with van der Waals surface area (Å²) in [6.07, 6.45) is 0. The highest BCUT2D eigenvalue weighted by Crippen LogP contribution is 2.45. The van der Waals surface area contributed by atoms with Crippen molar-refractivity contribution in [3.05, 3.63) is 267 Å². The maximum absolute atomic E-state index is 2.43. The average Bonchev–Trinajstić information content (AvgIpc) is 3.74. The number of nitrogens with zero attached hydrogens (tertiary/aromatic N) is 2. The first kappa shape index (κ1) is 38.9. The molecule has 12 rings (SSSR count). The van der Waals surface area contributed by atoms with Crippen LogP contribution in [-0.2, 0) is 0 Å². The molecule has 0 bridgehead atoms. The minimum atomic E-state index is 1.07. The van der Waals surface area contributed by atoms with Crippen molar-refractivity contribution >= 4 is 49.6 Å². The zero-order valence-corrected chi connectivity index (χ0v) is 36.3. The van der Waals surface area contributed by atoms with Gasteiger partial charge in [0.25, 0.3) is 0 Å². The number of fused-ring (bicyclic) bond motifs is 4. The molecule has 310 valence electrons. The van der Waals surface area contributed by atoms with Gasteiger partial charge in [-0.3, -0.25) is 0 Å². The van der Waals surface area contributed by atoms with Crippen LogP contribution in [0.4, 0.5) is 17.1 Å². The van der Waals surface area contributed by atoms with Crippen molar-refractivity contribution in [2.24, 2.45) is 0 Å². The Kier molecular flexibility index (Phi) is 9.89. The van der Waals surface area contributed by atoms with Crippen LogP contribution in [0.5, 0.6) is 0 Å². The Bertz CT molecular complexity index is 3630. The van der Waals surface area contributed by atoms with E-state index in [1.807, 2.05) is 0 Å². The molecule has 11 aromatic carbocycles. The van der Waals surface area contributed by atoms with E-state index in [0.29, 0.717) is 0 Å². The largest absolute Gasteiger partial charge is 0.310 e. The molecule has 0 saturated carbocycles. The van der Waals surface area contributed by atoms with Gasteiger partial charge in [0.05, 0.1) is 22.4 Å². The fourth-order valence-electron chi connectivity index (χ4n) is 9.75. The highest BCUT2D eigenvalue weighted by molar-refractivity contribution is 6.10. The Balaban J connectivity index is 1.05. The van der Waals surface area contributed by atoms with Crippen LogP contribution in [0.25, 0.3) is 93.9 Å². The van der Waals surface area contributed by atoms with Gasteiger partial charge >= 0.3 is 0 Å². The number of para-hydroxylation sites is 3. The molecule has 0 unspecified atom stereocenters. The predicted octanol–water partition coefficient (Wildman–Crippen LogP) is 17.7. The first-order valence-electron chi connectivity index (χ1n) is 22.7. The summed E-state index contributed by atoms with van der Waals surface area (Å²) in [7, 11) is 0. The number of benzene rings is 11. The minimum absolute atomic E-state index is 1.07. The van der Waals surface area contributed by atoms with Crippen molar-refractivity contribution in [3.63, 3.8) is 0 Å². The van der Waals surface area contributed by atoms with E-state index in [9.17, 15) is 0 Å². The fourth-order valence-corrected chi connectivity index (χ4v) is 9.75. The van der Waals surface area contributed by atoms with Crippen molar-refractivity contribution in [3.8, 4) is 61.3 Å². The van der Waals surface area contributed by atoms with E-state index in [1.165, 1.54) is 71.5 Å². The van der Waals surface area contributed by atoms with Gasteiger partial charge in [0.2, 0.25) is 0 Å². The van der Waals surface area contributed by atoms with Crippen LogP contribution in [0.2, 0.25) is 0 Å². The van der Waals surface area contributed by atoms with Gasteiger partial charge in [-0.1, -0.05) is 200 Å². The summed E-state index contributed by atoms with van der Waals surface area (Å²) in [5, 5.41) is 4.92. The average molecular weight is 841 g/mol. The summed E-state index contributed by atoms with van der Waals surface area (Å²) < 4.78 is 2.43. The Morgan fingerprint density at radius 2 is 0.712 bits per heavy atom. The van der Waals surface area contributed by atoms with Gasteiger partial charge in [0.1, 0.15) is 0 Å². The summed E-state index contributed by atoms with van der Waals surface area (Å²) in [4.78, 5) is 2.42. The third-order valence-corrected chi connectivity index (χ3v) is 13.0. The summed E-state index contributed by atoms with van der Waals surface area (Å²) in [6, 6.07) is 97.0. The van der Waals surface area contributed by atoms with Crippen molar-refractivity contribution in [1.82, 2.24) is 4.57 Å². The van der Waals surface area contributed by atoms with Crippen LogP contribution >= 0.6 is 0 Å². The smallest absolute Gasteiger partial charge is 0.0541 e. The lowest BCUT2D eigenvalue weighted by molar-refractivity contribution is 1.18. The second-order valence-corrected chi connectivity index (χ2v) is 16.9. The third kappa shape index (κ3) is 7.12. The number of aromatic nitrogens is 1. The monoisotopic (exact) mass is 840 g/mol. The van der Waals surface area contributed by atoms with Crippen LogP contribution in [0.15, 0.2) is 267 Å². The lowest BCUT2D eigenvalue weighted by Gasteiger charge is -2.29. The summed E-state index contributed by atoms with van der Waals surface area (Å²) >= 11 is 0. The predicted molar refractivity (Wildman–Crippen MR) is 280 cm³/mol. The van der Waals surface area contributed by atoms with Gasteiger partial charge in [-0.05, 0) is 122 Å². The fraction of sp³-hybridized carbons (Fsp3) is 0. The van der Waals surface area contributed by atoms with Gasteiger partial charge in [0, 0.05) is 33.3 Å². The van der Waals surface area contributed by atoms with E-state index >= 15 is 0 Å². The van der Waals surface area contributed by atoms with E-state index < -0.39 is 0 Å². The lowest BCUT2D eigenvalue weighted by atomic mass is 9.93. The first-order valence-corrected chi connectivity index (χ1v) is 22.7. The number of rotatable bonds is 9. The molecule has 0 atom stereocenters. The van der Waals surface area contributed by atoms with E-state index in [1.54, 1.807) is 0 Å².